The Balaban J connectivity index is 0.000000366. The standard InChI is InChI=1S/C8H8O3.C4H8O2/c9-7-3-1-6(2-4-7)5-8(10)11;1-2-3-4(5)6/h1-4,9H,5H2,(H,10,11);2-3H2,1H3,(H,5,6). The van der Waals surface area contributed by atoms with E-state index in [2.05, 4.69) is 0 Å². The summed E-state index contributed by atoms with van der Waals surface area (Å²) in [7, 11) is 0. The van der Waals surface area contributed by atoms with Crippen LogP contribution in [0.15, 0.2) is 24.3 Å². The molecule has 0 aliphatic carbocycles. The molecule has 5 nitrogen and oxygen atoms in total. The van der Waals surface area contributed by atoms with E-state index in [1.807, 2.05) is 6.92 Å². The van der Waals surface area contributed by atoms with Gasteiger partial charge in [-0.15, -0.1) is 0 Å². The molecule has 0 aliphatic rings. The summed E-state index contributed by atoms with van der Waals surface area (Å²) in [5.41, 5.74) is 0.690. The highest BCUT2D eigenvalue weighted by atomic mass is 16.4. The number of carbonyl (C=O) groups is 2. The van der Waals surface area contributed by atoms with Crippen molar-refractivity contribution < 1.29 is 24.9 Å². The Hall–Kier alpha value is -2.04. The quantitative estimate of drug-likeness (QED) is 0.747. The lowest BCUT2D eigenvalue weighted by molar-refractivity contribution is -0.137. The highest BCUT2D eigenvalue weighted by Crippen LogP contribution is 2.09. The van der Waals surface area contributed by atoms with Gasteiger partial charge in [0.15, 0.2) is 0 Å². The van der Waals surface area contributed by atoms with E-state index in [4.69, 9.17) is 15.3 Å². The molecular weight excluding hydrogens is 224 g/mol. The average molecular weight is 240 g/mol. The molecule has 0 fully saturated rings. The van der Waals surface area contributed by atoms with Crippen LogP contribution in [0.3, 0.4) is 0 Å². The molecule has 0 saturated carbocycles. The van der Waals surface area contributed by atoms with Crippen molar-refractivity contribution in [2.24, 2.45) is 0 Å². The fraction of sp³-hybridized carbons (Fsp3) is 0.333. The third-order valence-corrected chi connectivity index (χ3v) is 1.76. The number of rotatable bonds is 4. The van der Waals surface area contributed by atoms with Gasteiger partial charge in [-0.1, -0.05) is 19.1 Å². The number of hydrogen-bond donors (Lipinski definition) is 3. The van der Waals surface area contributed by atoms with E-state index in [0.717, 1.165) is 6.42 Å². The van der Waals surface area contributed by atoms with Gasteiger partial charge in [0.25, 0.3) is 0 Å². The highest BCUT2D eigenvalue weighted by molar-refractivity contribution is 5.70. The topological polar surface area (TPSA) is 94.8 Å². The average Bonchev–Trinajstić information content (AvgIpc) is 2.21. The number of phenols is 1. The molecule has 1 aromatic rings. The van der Waals surface area contributed by atoms with Gasteiger partial charge in [0.05, 0.1) is 6.42 Å². The zero-order valence-electron chi connectivity index (χ0n) is 9.59. The predicted octanol–water partition coefficient (Wildman–Crippen LogP) is 1.89. The van der Waals surface area contributed by atoms with Crippen LogP contribution >= 0.6 is 0 Å². The molecule has 94 valence electrons. The Morgan fingerprint density at radius 3 is 1.88 bits per heavy atom. The summed E-state index contributed by atoms with van der Waals surface area (Å²) < 4.78 is 0. The molecule has 0 unspecified atom stereocenters. The largest absolute Gasteiger partial charge is 0.508 e. The molecule has 0 atom stereocenters. The third-order valence-electron chi connectivity index (χ3n) is 1.76. The van der Waals surface area contributed by atoms with Crippen molar-refractivity contribution in [3.8, 4) is 5.75 Å². The fourth-order valence-electron chi connectivity index (χ4n) is 1.00. The molecular formula is C12H16O5. The number of aliphatic carboxylic acids is 2. The van der Waals surface area contributed by atoms with E-state index in [-0.39, 0.29) is 12.2 Å². The molecule has 1 rings (SSSR count). The predicted molar refractivity (Wildman–Crippen MR) is 62.0 cm³/mol. The molecule has 0 saturated heterocycles. The summed E-state index contributed by atoms with van der Waals surface area (Å²) in [5.74, 6) is -1.42. The number of benzene rings is 1. The minimum Gasteiger partial charge on any atom is -0.508 e. The van der Waals surface area contributed by atoms with Crippen LogP contribution in [0.25, 0.3) is 0 Å². The van der Waals surface area contributed by atoms with Crippen LogP contribution in [0.4, 0.5) is 0 Å². The molecule has 17 heavy (non-hydrogen) atoms. The van der Waals surface area contributed by atoms with Gasteiger partial charge in [-0.3, -0.25) is 9.59 Å². The van der Waals surface area contributed by atoms with Gasteiger partial charge in [-0.05, 0) is 24.1 Å². The summed E-state index contributed by atoms with van der Waals surface area (Å²) in [6, 6.07) is 6.11. The van der Waals surface area contributed by atoms with Crippen molar-refractivity contribution in [3.05, 3.63) is 29.8 Å². The highest BCUT2D eigenvalue weighted by Gasteiger charge is 1.98. The van der Waals surface area contributed by atoms with Crippen molar-refractivity contribution >= 4 is 11.9 Å². The molecule has 0 radical (unpaired) electrons. The molecule has 0 aliphatic heterocycles. The van der Waals surface area contributed by atoms with E-state index in [1.54, 1.807) is 12.1 Å². The zero-order valence-corrected chi connectivity index (χ0v) is 9.59. The van der Waals surface area contributed by atoms with Crippen molar-refractivity contribution in [2.45, 2.75) is 26.2 Å². The Labute approximate surface area is 99.3 Å². The summed E-state index contributed by atoms with van der Waals surface area (Å²) >= 11 is 0. The van der Waals surface area contributed by atoms with Gasteiger partial charge < -0.3 is 15.3 Å². The number of aromatic hydroxyl groups is 1. The van der Waals surface area contributed by atoms with Gasteiger partial charge >= 0.3 is 11.9 Å². The van der Waals surface area contributed by atoms with Gasteiger partial charge in [0, 0.05) is 6.42 Å². The maximum atomic E-state index is 10.2. The van der Waals surface area contributed by atoms with E-state index in [1.165, 1.54) is 12.1 Å². The second kappa shape index (κ2) is 8.15. The summed E-state index contributed by atoms with van der Waals surface area (Å²) in [4.78, 5) is 19.8. The summed E-state index contributed by atoms with van der Waals surface area (Å²) in [6.07, 6.45) is 1.02. The van der Waals surface area contributed by atoms with Crippen LogP contribution in [0.2, 0.25) is 0 Å². The van der Waals surface area contributed by atoms with Crippen molar-refractivity contribution in [3.63, 3.8) is 0 Å². The van der Waals surface area contributed by atoms with Crippen LogP contribution in [-0.4, -0.2) is 27.3 Å². The number of hydrogen-bond acceptors (Lipinski definition) is 3. The van der Waals surface area contributed by atoms with E-state index < -0.39 is 11.9 Å². The second-order valence-corrected chi connectivity index (χ2v) is 3.38. The Morgan fingerprint density at radius 1 is 1.06 bits per heavy atom. The fourth-order valence-corrected chi connectivity index (χ4v) is 1.00. The molecule has 0 bridgehead atoms. The smallest absolute Gasteiger partial charge is 0.307 e. The summed E-state index contributed by atoms with van der Waals surface area (Å²) in [5, 5.41) is 25.1. The lowest BCUT2D eigenvalue weighted by atomic mass is 10.1. The van der Waals surface area contributed by atoms with E-state index in [0.29, 0.717) is 12.0 Å². The summed E-state index contributed by atoms with van der Waals surface area (Å²) in [6.45, 7) is 1.84. The molecule has 0 aromatic heterocycles. The third kappa shape index (κ3) is 8.92. The van der Waals surface area contributed by atoms with Crippen molar-refractivity contribution in [1.82, 2.24) is 0 Å². The minimum absolute atomic E-state index is 0.000278. The van der Waals surface area contributed by atoms with Crippen LogP contribution in [0, 0.1) is 0 Å². The molecule has 5 heteroatoms. The zero-order chi connectivity index (χ0) is 13.3. The van der Waals surface area contributed by atoms with Gasteiger partial charge in [-0.2, -0.15) is 0 Å². The lowest BCUT2D eigenvalue weighted by Crippen LogP contribution is -1.98. The molecule has 0 spiro atoms. The Kier molecular flexibility index (Phi) is 7.17. The van der Waals surface area contributed by atoms with Crippen LogP contribution in [0.1, 0.15) is 25.3 Å². The minimum atomic E-state index is -0.865. The second-order valence-electron chi connectivity index (χ2n) is 3.38. The molecule has 0 amide bonds. The first-order valence-corrected chi connectivity index (χ1v) is 5.17. The number of phenolic OH excluding ortho intramolecular Hbond substituents is 1. The Bertz CT molecular complexity index is 356. The van der Waals surface area contributed by atoms with E-state index >= 15 is 0 Å². The normalized spacial score (nSPS) is 9.00. The maximum Gasteiger partial charge on any atom is 0.307 e. The van der Waals surface area contributed by atoms with Crippen LogP contribution < -0.4 is 0 Å². The first-order chi connectivity index (χ1) is 7.95. The van der Waals surface area contributed by atoms with Gasteiger partial charge in [-0.25, -0.2) is 0 Å². The van der Waals surface area contributed by atoms with E-state index in [9.17, 15) is 9.59 Å². The van der Waals surface area contributed by atoms with Crippen LogP contribution in [-0.2, 0) is 16.0 Å². The Morgan fingerprint density at radius 2 is 1.59 bits per heavy atom. The number of carboxylic acids is 2. The monoisotopic (exact) mass is 240 g/mol. The maximum absolute atomic E-state index is 10.2. The molecule has 0 heterocycles. The SMILES string of the molecule is CCCC(=O)O.O=C(O)Cc1ccc(O)cc1. The van der Waals surface area contributed by atoms with Gasteiger partial charge in [0.1, 0.15) is 5.75 Å². The number of carboxylic acid groups (broad SMARTS) is 2. The van der Waals surface area contributed by atoms with Crippen molar-refractivity contribution in [2.75, 3.05) is 0 Å². The first-order valence-electron chi connectivity index (χ1n) is 5.17. The van der Waals surface area contributed by atoms with Crippen molar-refractivity contribution in [1.29, 1.82) is 0 Å². The molecule has 1 aromatic carbocycles. The molecule has 3 N–H and O–H groups in total. The lowest BCUT2D eigenvalue weighted by Gasteiger charge is -1.95. The first kappa shape index (κ1) is 15.0. The van der Waals surface area contributed by atoms with Gasteiger partial charge in [0.2, 0.25) is 0 Å². The van der Waals surface area contributed by atoms with Crippen LogP contribution in [0.5, 0.6) is 5.75 Å².